The van der Waals surface area contributed by atoms with E-state index in [1.54, 1.807) is 50.2 Å². The van der Waals surface area contributed by atoms with Crippen molar-refractivity contribution in [2.45, 2.75) is 30.5 Å². The van der Waals surface area contributed by atoms with Crippen LogP contribution in [0, 0.1) is 0 Å². The summed E-state index contributed by atoms with van der Waals surface area (Å²) in [4.78, 5) is 8.91. The molecular formula is C24H25N5O3S. The van der Waals surface area contributed by atoms with Gasteiger partial charge in [-0.2, -0.15) is 0 Å². The van der Waals surface area contributed by atoms with E-state index in [1.165, 1.54) is 25.4 Å². The number of rotatable bonds is 7. The zero-order valence-electron chi connectivity index (χ0n) is 21.3. The second-order valence-electron chi connectivity index (χ2n) is 7.54. The van der Waals surface area contributed by atoms with Crippen molar-refractivity contribution >= 4 is 15.7 Å². The quantitative estimate of drug-likeness (QED) is 0.420. The van der Waals surface area contributed by atoms with Gasteiger partial charge >= 0.3 is 0 Å². The van der Waals surface area contributed by atoms with Crippen LogP contribution in [0.15, 0.2) is 70.2 Å². The number of nitrogen functional groups attached to an aromatic ring is 1. The van der Waals surface area contributed by atoms with Crippen LogP contribution in [0.4, 0.5) is 5.82 Å². The van der Waals surface area contributed by atoms with Crippen LogP contribution in [0.3, 0.4) is 0 Å². The van der Waals surface area contributed by atoms with E-state index >= 15 is 0 Å². The predicted octanol–water partition coefficient (Wildman–Crippen LogP) is 3.95. The van der Waals surface area contributed by atoms with E-state index < -0.39 is 21.6 Å². The van der Waals surface area contributed by atoms with Crippen molar-refractivity contribution < 1.29 is 17.1 Å². The fourth-order valence-electron chi connectivity index (χ4n) is 3.12. The second kappa shape index (κ2) is 9.13. The van der Waals surface area contributed by atoms with Crippen molar-refractivity contribution in [3.05, 3.63) is 66.3 Å². The topological polar surface area (TPSA) is 124 Å². The summed E-state index contributed by atoms with van der Waals surface area (Å²) in [6, 6.07) is 12.8. The number of sulfone groups is 1. The highest BCUT2D eigenvalue weighted by molar-refractivity contribution is 7.92. The first-order chi connectivity index (χ1) is 17.0. The van der Waals surface area contributed by atoms with Gasteiger partial charge in [0.25, 0.3) is 0 Å². The van der Waals surface area contributed by atoms with Crippen molar-refractivity contribution in [1.82, 2.24) is 20.4 Å². The van der Waals surface area contributed by atoms with Crippen LogP contribution in [0.1, 0.15) is 23.5 Å². The molecule has 9 heteroatoms. The first-order valence-corrected chi connectivity index (χ1v) is 11.7. The van der Waals surface area contributed by atoms with Crippen LogP contribution in [0.25, 0.3) is 34.0 Å². The normalized spacial score (nSPS) is 13.5. The minimum atomic E-state index is -3.40. The summed E-state index contributed by atoms with van der Waals surface area (Å²) in [6.45, 7) is 1.55. The lowest BCUT2D eigenvalue weighted by Gasteiger charge is -2.09. The Morgan fingerprint density at radius 2 is 1.73 bits per heavy atom. The number of aromatic nitrogens is 3. The maximum absolute atomic E-state index is 12.4. The fraction of sp³-hybridized carbons (Fsp3) is 0.208. The lowest BCUT2D eigenvalue weighted by molar-refractivity contribution is 0.434. The Labute approximate surface area is 197 Å². The highest BCUT2D eigenvalue weighted by Crippen LogP contribution is 2.30. The van der Waals surface area contributed by atoms with Gasteiger partial charge in [-0.1, -0.05) is 41.6 Å². The molecule has 0 radical (unpaired) electrons. The summed E-state index contributed by atoms with van der Waals surface area (Å²) in [6.07, 6.45) is 1.46. The molecule has 3 N–H and O–H groups in total. The van der Waals surface area contributed by atoms with E-state index in [1.807, 2.05) is 0 Å². The van der Waals surface area contributed by atoms with Gasteiger partial charge in [-0.3, -0.25) is 0 Å². The first kappa shape index (κ1) is 19.0. The molecule has 0 amide bonds. The summed E-state index contributed by atoms with van der Waals surface area (Å²) in [7, 11) is -1.87. The van der Waals surface area contributed by atoms with Gasteiger partial charge in [-0.25, -0.2) is 18.4 Å². The Morgan fingerprint density at radius 1 is 1.09 bits per heavy atom. The number of hydrogen-bond donors (Lipinski definition) is 2. The number of hydrogen-bond acceptors (Lipinski definition) is 8. The third-order valence-electron chi connectivity index (χ3n) is 5.00. The Hall–Kier alpha value is -3.56. The van der Waals surface area contributed by atoms with Gasteiger partial charge in [-0.05, 0) is 38.6 Å². The molecule has 0 saturated heterocycles. The summed E-state index contributed by atoms with van der Waals surface area (Å²) in [5.41, 5.74) is 8.46. The molecule has 8 nitrogen and oxygen atoms in total. The SMILES string of the molecule is [2H]c1c(-c2ccc(C([2H])([2H])NC)cc2)noc1-c1nc(-c2ccc(S(=O)(=O)C(C)C)cc2)cnc1N. The van der Waals surface area contributed by atoms with Crippen molar-refractivity contribution in [2.75, 3.05) is 12.8 Å². The molecule has 0 atom stereocenters. The van der Waals surface area contributed by atoms with Crippen LogP contribution in [-0.4, -0.2) is 35.8 Å². The van der Waals surface area contributed by atoms with Gasteiger partial charge in [0.2, 0.25) is 0 Å². The zero-order chi connectivity index (χ0) is 26.3. The summed E-state index contributed by atoms with van der Waals surface area (Å²) < 4.78 is 54.7. The van der Waals surface area contributed by atoms with Crippen molar-refractivity contribution in [1.29, 1.82) is 0 Å². The zero-order valence-corrected chi connectivity index (χ0v) is 19.1. The molecule has 0 saturated carbocycles. The van der Waals surface area contributed by atoms with Gasteiger partial charge in [0.05, 0.1) is 23.4 Å². The van der Waals surface area contributed by atoms with Gasteiger partial charge in [0.1, 0.15) is 5.69 Å². The second-order valence-corrected chi connectivity index (χ2v) is 10.0. The lowest BCUT2D eigenvalue weighted by atomic mass is 10.1. The van der Waals surface area contributed by atoms with Crippen LogP contribution in [0.5, 0.6) is 0 Å². The molecule has 0 aliphatic carbocycles. The molecule has 2 aromatic carbocycles. The standard InChI is InChI=1S/C24H25N5O3S/c1-15(2)33(30,31)19-10-8-18(9-11-19)21-14-27-24(25)23(28-21)22-12-20(29-32-22)17-6-4-16(5-7-17)13-26-3/h4-12,14-15,26H,13H2,1-3H3,(H2,25,27)/i12D,13D2. The molecule has 0 fully saturated rings. The number of anilines is 1. The average Bonchev–Trinajstić information content (AvgIpc) is 3.25. The maximum Gasteiger partial charge on any atom is 0.189 e. The Morgan fingerprint density at radius 3 is 2.36 bits per heavy atom. The monoisotopic (exact) mass is 466 g/mol. The minimum Gasteiger partial charge on any atom is -0.382 e. The summed E-state index contributed by atoms with van der Waals surface area (Å²) >= 11 is 0. The van der Waals surface area contributed by atoms with Gasteiger partial charge in [0, 0.05) is 26.4 Å². The molecule has 4 rings (SSSR count). The summed E-state index contributed by atoms with van der Waals surface area (Å²) in [5, 5.41) is 6.07. The Bertz CT molecular complexity index is 1500. The molecule has 4 aromatic rings. The van der Waals surface area contributed by atoms with Gasteiger partial charge < -0.3 is 15.6 Å². The molecule has 170 valence electrons. The van der Waals surface area contributed by atoms with Crippen LogP contribution < -0.4 is 11.1 Å². The maximum atomic E-state index is 12.4. The molecule has 2 aromatic heterocycles. The van der Waals surface area contributed by atoms with Crippen molar-refractivity contribution in [3.8, 4) is 34.0 Å². The molecule has 33 heavy (non-hydrogen) atoms. The number of nitrogens with two attached hydrogens (primary N) is 1. The van der Waals surface area contributed by atoms with Crippen molar-refractivity contribution in [3.63, 3.8) is 0 Å². The van der Waals surface area contributed by atoms with Crippen LogP contribution >= 0.6 is 0 Å². The lowest BCUT2D eigenvalue weighted by Crippen LogP contribution is -2.13. The predicted molar refractivity (Wildman–Crippen MR) is 128 cm³/mol. The third-order valence-corrected chi connectivity index (χ3v) is 7.17. The minimum absolute atomic E-state index is 0.0329. The fourth-order valence-corrected chi connectivity index (χ4v) is 4.18. The largest absolute Gasteiger partial charge is 0.382 e. The molecule has 0 aliphatic rings. The van der Waals surface area contributed by atoms with E-state index in [0.29, 0.717) is 22.4 Å². The number of nitrogens with one attached hydrogen (secondary N) is 1. The van der Waals surface area contributed by atoms with E-state index in [2.05, 4.69) is 20.4 Å². The van der Waals surface area contributed by atoms with Crippen LogP contribution in [-0.2, 0) is 16.3 Å². The van der Waals surface area contributed by atoms with Crippen LogP contribution in [0.2, 0.25) is 0 Å². The van der Waals surface area contributed by atoms with E-state index in [-0.39, 0.29) is 33.9 Å². The van der Waals surface area contributed by atoms with E-state index in [9.17, 15) is 8.42 Å². The van der Waals surface area contributed by atoms with Crippen molar-refractivity contribution in [2.24, 2.45) is 0 Å². The highest BCUT2D eigenvalue weighted by atomic mass is 32.2. The smallest absolute Gasteiger partial charge is 0.189 e. The molecule has 0 bridgehead atoms. The summed E-state index contributed by atoms with van der Waals surface area (Å²) in [5.74, 6) is 0.0806. The Kier molecular flexibility index (Phi) is 5.24. The molecule has 2 heterocycles. The van der Waals surface area contributed by atoms with Gasteiger partial charge in [-0.15, -0.1) is 0 Å². The molecular weight excluding hydrogens is 438 g/mol. The number of benzene rings is 2. The average molecular weight is 467 g/mol. The molecule has 0 spiro atoms. The third kappa shape index (κ3) is 4.64. The van der Waals surface area contributed by atoms with Gasteiger partial charge in [0.15, 0.2) is 27.1 Å². The van der Waals surface area contributed by atoms with E-state index in [4.69, 9.17) is 14.4 Å². The Balaban J connectivity index is 1.68. The molecule has 0 aliphatic heterocycles. The van der Waals surface area contributed by atoms with E-state index in [0.717, 1.165) is 0 Å². The first-order valence-electron chi connectivity index (χ1n) is 11.7. The highest BCUT2D eigenvalue weighted by Gasteiger charge is 2.20. The number of nitrogens with zero attached hydrogens (tertiary/aromatic N) is 3. The molecule has 0 unspecified atom stereocenters.